The molecule has 2 aromatic rings. The number of carbonyl (C=O) groups is 8. The molecule has 2 aromatic heterocycles. The predicted octanol–water partition coefficient (Wildman–Crippen LogP) is -1.44. The van der Waals surface area contributed by atoms with Crippen molar-refractivity contribution in [3.8, 4) is 0 Å². The second-order valence-corrected chi connectivity index (χ2v) is 13.0. The highest BCUT2D eigenvalue weighted by Gasteiger charge is 2.62. The molecule has 52 heavy (non-hydrogen) atoms. The van der Waals surface area contributed by atoms with Crippen LogP contribution in [-0.2, 0) is 59.7 Å². The number of hydrogen-bond donors (Lipinski definition) is 8. The highest BCUT2D eigenvalue weighted by Crippen LogP contribution is 2.42. The molecule has 8 N–H and O–H groups in total. The van der Waals surface area contributed by atoms with Gasteiger partial charge in [-0.3, -0.25) is 14.4 Å². The number of carboxylic acids is 6. The molecule has 0 saturated heterocycles. The number of Topliss-reactive ketones (excluding diaryl/α,β-unsaturated/α-hetero) is 1. The van der Waals surface area contributed by atoms with E-state index in [-0.39, 0.29) is 25.8 Å². The minimum Gasteiger partial charge on any atom is -0.481 e. The number of aromatic nitrogens is 4. The van der Waals surface area contributed by atoms with Crippen molar-refractivity contribution in [2.24, 2.45) is 5.92 Å². The summed E-state index contributed by atoms with van der Waals surface area (Å²) in [6.07, 6.45) is 5.46. The zero-order valence-corrected chi connectivity index (χ0v) is 28.0. The lowest BCUT2D eigenvalue weighted by Crippen LogP contribution is -2.51. The summed E-state index contributed by atoms with van der Waals surface area (Å²) >= 11 is 0. The molecule has 2 amide bonds. The van der Waals surface area contributed by atoms with Crippen LogP contribution >= 0.6 is 0 Å². The van der Waals surface area contributed by atoms with Gasteiger partial charge in [0, 0.05) is 19.3 Å². The molecule has 0 unspecified atom stereocenters. The van der Waals surface area contributed by atoms with Gasteiger partial charge in [0.1, 0.15) is 42.7 Å². The van der Waals surface area contributed by atoms with Crippen LogP contribution in [0.4, 0.5) is 4.79 Å². The fourth-order valence-electron chi connectivity index (χ4n) is 6.96. The molecule has 21 heteroatoms. The normalized spacial score (nSPS) is 18.7. The summed E-state index contributed by atoms with van der Waals surface area (Å²) in [6.45, 7) is 0.934. The van der Waals surface area contributed by atoms with Crippen molar-refractivity contribution in [3.05, 3.63) is 36.4 Å². The molecule has 0 saturated carbocycles. The first kappa shape index (κ1) is 38.9. The van der Waals surface area contributed by atoms with Gasteiger partial charge in [-0.05, 0) is 32.1 Å². The number of quaternary nitrogens is 1. The summed E-state index contributed by atoms with van der Waals surface area (Å²) in [7, 11) is 0. The van der Waals surface area contributed by atoms with Crippen LogP contribution in [0.15, 0.2) is 24.8 Å². The van der Waals surface area contributed by atoms with E-state index in [1.807, 2.05) is 19.8 Å². The molecule has 282 valence electrons. The first-order chi connectivity index (χ1) is 24.5. The number of carboxylic acid groups (broad SMARTS) is 6. The van der Waals surface area contributed by atoms with Crippen molar-refractivity contribution in [1.82, 2.24) is 19.8 Å². The van der Waals surface area contributed by atoms with Crippen LogP contribution in [0.1, 0.15) is 69.3 Å². The molecule has 2 aliphatic heterocycles. The van der Waals surface area contributed by atoms with Gasteiger partial charge >= 0.3 is 59.8 Å². The number of hydrogen-bond acceptors (Lipinski definition) is 8. The minimum absolute atomic E-state index is 0.123. The molecule has 0 aliphatic carbocycles. The number of ketones is 1. The van der Waals surface area contributed by atoms with Gasteiger partial charge in [0.15, 0.2) is 26.2 Å². The molecular weight excluding hydrogens is 694 g/mol. The van der Waals surface area contributed by atoms with Crippen molar-refractivity contribution >= 4 is 47.6 Å². The Bertz CT molecular complexity index is 1690. The average molecular weight is 737 g/mol. The summed E-state index contributed by atoms with van der Waals surface area (Å²) < 4.78 is 7.65. The second-order valence-electron chi connectivity index (χ2n) is 13.0. The Morgan fingerprint density at radius 1 is 0.692 bits per heavy atom. The van der Waals surface area contributed by atoms with E-state index in [1.165, 1.54) is 0 Å². The SMILES string of the molecule is O=C(O)CC[C@H](NC(=O)N[C@@H](CCC(=O)C[C@@H](CCCC[N+]12Cc3n(cc[n+]3CC(=O)O)C1n1cc[n+](CC(=O)O)c1C2)C(=O)O)C(=O)O)C(=O)O. The monoisotopic (exact) mass is 736 g/mol. The number of amides is 2. The van der Waals surface area contributed by atoms with E-state index in [2.05, 4.69) is 0 Å². The van der Waals surface area contributed by atoms with Crippen LogP contribution < -0.4 is 19.8 Å². The van der Waals surface area contributed by atoms with Gasteiger partial charge in [-0.15, -0.1) is 9.13 Å². The predicted molar refractivity (Wildman–Crippen MR) is 167 cm³/mol. The minimum atomic E-state index is -1.62. The van der Waals surface area contributed by atoms with Crippen LogP contribution in [0.2, 0.25) is 0 Å². The van der Waals surface area contributed by atoms with Crippen molar-refractivity contribution in [1.29, 1.82) is 0 Å². The molecule has 4 heterocycles. The molecule has 0 aromatic carbocycles. The number of urea groups is 1. The third-order valence-electron chi connectivity index (χ3n) is 9.38. The zero-order chi connectivity index (χ0) is 38.3. The number of nitrogens with one attached hydrogen (secondary N) is 2. The summed E-state index contributed by atoms with van der Waals surface area (Å²) in [6, 6.07) is -4.42. The van der Waals surface area contributed by atoms with Crippen LogP contribution in [0.5, 0.6) is 0 Å². The van der Waals surface area contributed by atoms with Gasteiger partial charge in [-0.2, -0.15) is 0 Å². The van der Waals surface area contributed by atoms with Gasteiger partial charge in [-0.1, -0.05) is 0 Å². The van der Waals surface area contributed by atoms with E-state index in [9.17, 15) is 63.9 Å². The number of carbonyl (C=O) groups excluding carboxylic acids is 2. The molecule has 0 spiro atoms. The Morgan fingerprint density at radius 2 is 1.19 bits per heavy atom. The quantitative estimate of drug-likeness (QED) is 0.0390. The van der Waals surface area contributed by atoms with Crippen LogP contribution in [-0.4, -0.2) is 111 Å². The Kier molecular flexibility index (Phi) is 12.3. The van der Waals surface area contributed by atoms with Crippen molar-refractivity contribution in [2.45, 2.75) is 95.9 Å². The average Bonchev–Trinajstić information content (AvgIpc) is 3.76. The highest BCUT2D eigenvalue weighted by molar-refractivity contribution is 5.87. The van der Waals surface area contributed by atoms with E-state index in [0.717, 1.165) is 11.6 Å². The van der Waals surface area contributed by atoms with E-state index in [4.69, 9.17) is 5.11 Å². The summed E-state index contributed by atoms with van der Waals surface area (Å²) in [5, 5.41) is 60.2. The fourth-order valence-corrected chi connectivity index (χ4v) is 6.96. The topological polar surface area (TPSA) is 300 Å². The highest BCUT2D eigenvalue weighted by atomic mass is 16.4. The van der Waals surface area contributed by atoms with E-state index in [0.29, 0.717) is 37.0 Å². The number of rotatable bonds is 22. The van der Waals surface area contributed by atoms with Crippen molar-refractivity contribution < 1.29 is 82.6 Å². The first-order valence-electron chi connectivity index (χ1n) is 16.5. The molecule has 0 fully saturated rings. The Balaban J connectivity index is 1.33. The Morgan fingerprint density at radius 3 is 1.63 bits per heavy atom. The molecule has 21 nitrogen and oxygen atoms in total. The largest absolute Gasteiger partial charge is 0.481 e. The summed E-state index contributed by atoms with van der Waals surface area (Å²) in [5.41, 5.74) is 0. The van der Waals surface area contributed by atoms with Crippen LogP contribution in [0, 0.1) is 5.92 Å². The maximum atomic E-state index is 12.8. The maximum Gasteiger partial charge on any atom is 0.380 e. The second kappa shape index (κ2) is 16.4. The van der Waals surface area contributed by atoms with E-state index < -0.39 is 97.7 Å². The summed E-state index contributed by atoms with van der Waals surface area (Å²) in [4.78, 5) is 93.9. The Labute approximate surface area is 294 Å². The number of imidazole rings is 2. The molecule has 3 atom stereocenters. The van der Waals surface area contributed by atoms with Crippen molar-refractivity contribution in [3.63, 3.8) is 0 Å². The van der Waals surface area contributed by atoms with Gasteiger partial charge in [0.25, 0.3) is 0 Å². The molecular formula is C31H42N7O14+3. The number of unbranched alkanes of at least 4 members (excludes halogenated alkanes) is 1. The summed E-state index contributed by atoms with van der Waals surface area (Å²) in [5.74, 6) is -7.67. The number of fused-ring (bicyclic) bond motifs is 5. The fraction of sp³-hybridized carbons (Fsp3) is 0.548. The van der Waals surface area contributed by atoms with E-state index in [1.54, 1.807) is 33.9 Å². The standard InChI is InChI=1S/C31H39N7O14/c39-19(4-5-20(28(48)49)32-30(52)33-21(29(50)51)6-7-24(40)41)13-18(27(46)47)3-1-2-12-38-16-22-34(14-25(42)43)8-10-36(22)31(38)37-11-9-35(15-26(44)45)23(37)17-38/h8-11,18,20-21,31H,1-7,12-17H2,(H5-3,32,33,40,41,42,43,44,45,46,47,48,49,50,51,52)/p+3/t18-,20+,21+,31?,38?/m1/s1. The Hall–Kier alpha value is -5.86. The zero-order valence-electron chi connectivity index (χ0n) is 28.0. The smallest absolute Gasteiger partial charge is 0.380 e. The van der Waals surface area contributed by atoms with Crippen LogP contribution in [0.25, 0.3) is 0 Å². The molecule has 4 rings (SSSR count). The van der Waals surface area contributed by atoms with E-state index >= 15 is 0 Å². The van der Waals surface area contributed by atoms with Crippen LogP contribution in [0.3, 0.4) is 0 Å². The maximum absolute atomic E-state index is 12.8. The third kappa shape index (κ3) is 9.27. The van der Waals surface area contributed by atoms with Crippen molar-refractivity contribution in [2.75, 3.05) is 6.54 Å². The lowest BCUT2D eigenvalue weighted by atomic mass is 9.94. The van der Waals surface area contributed by atoms with Gasteiger partial charge < -0.3 is 41.3 Å². The molecule has 0 radical (unpaired) electrons. The lowest BCUT2D eigenvalue weighted by molar-refractivity contribution is -0.982. The molecule has 2 aliphatic rings. The third-order valence-corrected chi connectivity index (χ3v) is 9.38. The van der Waals surface area contributed by atoms with Gasteiger partial charge in [0.05, 0.1) is 12.5 Å². The first-order valence-corrected chi connectivity index (χ1v) is 16.5. The number of aliphatic carboxylic acids is 6. The van der Waals surface area contributed by atoms with Gasteiger partial charge in [-0.25, -0.2) is 37.6 Å². The molecule has 0 bridgehead atoms. The van der Waals surface area contributed by atoms with Gasteiger partial charge in [0.2, 0.25) is 0 Å². The number of nitrogens with zero attached hydrogens (tertiary/aromatic N) is 5. The lowest BCUT2D eigenvalue weighted by Gasteiger charge is -2.28.